The van der Waals surface area contributed by atoms with Gasteiger partial charge >= 0.3 is 5.97 Å². The van der Waals surface area contributed by atoms with E-state index in [1.807, 2.05) is 18.2 Å². The summed E-state index contributed by atoms with van der Waals surface area (Å²) in [4.78, 5) is 11.0. The zero-order valence-electron chi connectivity index (χ0n) is 17.1. The molecule has 32 heavy (non-hydrogen) atoms. The van der Waals surface area contributed by atoms with Gasteiger partial charge < -0.3 is 9.84 Å². The SMILES string of the molecule is O=C(O)COc1cccc2c1CCCC2NS(=O)(=O)c1ccc(-c2ccc(Cl)cc2)cc1. The Hall–Kier alpha value is -2.87. The predicted molar refractivity (Wildman–Crippen MR) is 122 cm³/mol. The molecule has 3 aromatic rings. The summed E-state index contributed by atoms with van der Waals surface area (Å²) in [6.45, 7) is -0.438. The number of rotatable bonds is 7. The highest BCUT2D eigenvalue weighted by Gasteiger charge is 2.27. The molecular formula is C24H22ClNO5S. The van der Waals surface area contributed by atoms with E-state index in [1.54, 1.807) is 48.5 Å². The number of carbonyl (C=O) groups is 1. The van der Waals surface area contributed by atoms with E-state index in [1.165, 1.54) is 0 Å². The zero-order chi connectivity index (χ0) is 22.7. The van der Waals surface area contributed by atoms with Crippen molar-refractivity contribution < 1.29 is 23.1 Å². The van der Waals surface area contributed by atoms with E-state index in [9.17, 15) is 13.2 Å². The number of sulfonamides is 1. The summed E-state index contributed by atoms with van der Waals surface area (Å²) in [6.07, 6.45) is 2.12. The number of carboxylic acid groups (broad SMARTS) is 1. The Morgan fingerprint density at radius 1 is 1.03 bits per heavy atom. The van der Waals surface area contributed by atoms with E-state index in [0.29, 0.717) is 23.6 Å². The van der Waals surface area contributed by atoms with Gasteiger partial charge in [0.2, 0.25) is 10.0 Å². The van der Waals surface area contributed by atoms with Gasteiger partial charge in [-0.05, 0) is 71.8 Å². The van der Waals surface area contributed by atoms with E-state index in [0.717, 1.165) is 28.7 Å². The van der Waals surface area contributed by atoms with Crippen LogP contribution < -0.4 is 9.46 Å². The number of benzene rings is 3. The molecule has 0 heterocycles. The summed E-state index contributed by atoms with van der Waals surface area (Å²) in [5.41, 5.74) is 3.51. The van der Waals surface area contributed by atoms with Crippen molar-refractivity contribution in [2.75, 3.05) is 6.61 Å². The van der Waals surface area contributed by atoms with Crippen molar-refractivity contribution in [2.24, 2.45) is 0 Å². The maximum absolute atomic E-state index is 13.1. The van der Waals surface area contributed by atoms with Crippen molar-refractivity contribution in [3.63, 3.8) is 0 Å². The quantitative estimate of drug-likeness (QED) is 0.515. The molecule has 166 valence electrons. The highest BCUT2D eigenvalue weighted by molar-refractivity contribution is 7.89. The Morgan fingerprint density at radius 3 is 2.34 bits per heavy atom. The standard InChI is InChI=1S/C24H22ClNO5S/c25-18-11-7-16(8-12-18)17-9-13-19(14-10-17)32(29,30)26-22-5-1-4-21-20(22)3-2-6-23(21)31-15-24(27)28/h2-3,6-14,22,26H,1,4-5,15H2,(H,27,28). The molecule has 0 saturated heterocycles. The van der Waals surface area contributed by atoms with E-state index in [2.05, 4.69) is 4.72 Å². The molecular weight excluding hydrogens is 450 g/mol. The Morgan fingerprint density at radius 2 is 1.69 bits per heavy atom. The number of nitrogens with one attached hydrogen (secondary N) is 1. The highest BCUT2D eigenvalue weighted by atomic mass is 35.5. The van der Waals surface area contributed by atoms with Gasteiger partial charge in [-0.25, -0.2) is 17.9 Å². The number of aliphatic carboxylic acids is 1. The second kappa shape index (κ2) is 9.32. The Balaban J connectivity index is 1.55. The molecule has 0 spiro atoms. The number of carboxylic acids is 1. The van der Waals surface area contributed by atoms with E-state index in [4.69, 9.17) is 21.4 Å². The summed E-state index contributed by atoms with van der Waals surface area (Å²) >= 11 is 5.93. The maximum atomic E-state index is 13.1. The largest absolute Gasteiger partial charge is 0.482 e. The van der Waals surface area contributed by atoms with Gasteiger partial charge in [0, 0.05) is 11.1 Å². The van der Waals surface area contributed by atoms with Gasteiger partial charge in [-0.1, -0.05) is 48.0 Å². The minimum Gasteiger partial charge on any atom is -0.482 e. The van der Waals surface area contributed by atoms with Crippen LogP contribution in [0.25, 0.3) is 11.1 Å². The first kappa shape index (κ1) is 22.3. The third-order valence-corrected chi connectivity index (χ3v) is 7.19. The van der Waals surface area contributed by atoms with Crippen LogP contribution >= 0.6 is 11.6 Å². The number of fused-ring (bicyclic) bond motifs is 1. The lowest BCUT2D eigenvalue weighted by Crippen LogP contribution is -2.31. The van der Waals surface area contributed by atoms with E-state index < -0.39 is 28.6 Å². The Labute approximate surface area is 191 Å². The molecule has 1 atom stereocenters. The van der Waals surface area contributed by atoms with Gasteiger partial charge in [0.15, 0.2) is 6.61 Å². The lowest BCUT2D eigenvalue weighted by molar-refractivity contribution is -0.139. The Kier molecular flexibility index (Phi) is 6.50. The smallest absolute Gasteiger partial charge is 0.341 e. The second-order valence-corrected chi connectivity index (χ2v) is 9.75. The van der Waals surface area contributed by atoms with Gasteiger partial charge in [0.1, 0.15) is 5.75 Å². The van der Waals surface area contributed by atoms with Crippen LogP contribution in [0.3, 0.4) is 0 Å². The molecule has 1 unspecified atom stereocenters. The van der Waals surface area contributed by atoms with Crippen LogP contribution in [0.5, 0.6) is 5.75 Å². The van der Waals surface area contributed by atoms with E-state index >= 15 is 0 Å². The molecule has 1 aliphatic rings. The molecule has 0 saturated carbocycles. The fraction of sp³-hybridized carbons (Fsp3) is 0.208. The molecule has 6 nitrogen and oxygen atoms in total. The lowest BCUT2D eigenvalue weighted by Gasteiger charge is -2.27. The molecule has 8 heteroatoms. The molecule has 4 rings (SSSR count). The molecule has 3 aromatic carbocycles. The maximum Gasteiger partial charge on any atom is 0.341 e. The molecule has 0 fully saturated rings. The summed E-state index contributed by atoms with van der Waals surface area (Å²) in [7, 11) is -3.75. The Bertz CT molecular complexity index is 1220. The minimum atomic E-state index is -3.75. The second-order valence-electron chi connectivity index (χ2n) is 7.60. The van der Waals surface area contributed by atoms with Crippen LogP contribution in [0.1, 0.15) is 30.0 Å². The molecule has 0 bridgehead atoms. The molecule has 0 amide bonds. The van der Waals surface area contributed by atoms with Crippen molar-refractivity contribution in [1.82, 2.24) is 4.72 Å². The first-order valence-corrected chi connectivity index (χ1v) is 12.0. The summed E-state index contributed by atoms with van der Waals surface area (Å²) in [5.74, 6) is -0.571. The number of halogens is 1. The minimum absolute atomic E-state index is 0.181. The zero-order valence-corrected chi connectivity index (χ0v) is 18.7. The summed E-state index contributed by atoms with van der Waals surface area (Å²) in [5, 5.41) is 9.53. The van der Waals surface area contributed by atoms with Crippen LogP contribution in [-0.2, 0) is 21.2 Å². The third kappa shape index (κ3) is 4.96. The van der Waals surface area contributed by atoms with Crippen molar-refractivity contribution >= 4 is 27.6 Å². The van der Waals surface area contributed by atoms with E-state index in [-0.39, 0.29) is 4.90 Å². The average molecular weight is 472 g/mol. The average Bonchev–Trinajstić information content (AvgIpc) is 2.78. The number of hydrogen-bond acceptors (Lipinski definition) is 4. The first-order chi connectivity index (χ1) is 15.3. The molecule has 1 aliphatic carbocycles. The third-order valence-electron chi connectivity index (χ3n) is 5.45. The first-order valence-electron chi connectivity index (χ1n) is 10.2. The van der Waals surface area contributed by atoms with Gasteiger partial charge in [-0.15, -0.1) is 0 Å². The number of ether oxygens (including phenoxy) is 1. The fourth-order valence-corrected chi connectivity index (χ4v) is 5.31. The van der Waals surface area contributed by atoms with Gasteiger partial charge in [0.25, 0.3) is 0 Å². The molecule has 2 N–H and O–H groups in total. The van der Waals surface area contributed by atoms with Crippen molar-refractivity contribution in [3.8, 4) is 16.9 Å². The van der Waals surface area contributed by atoms with Crippen molar-refractivity contribution in [3.05, 3.63) is 82.9 Å². The fourth-order valence-electron chi connectivity index (χ4n) is 3.94. The molecule has 0 radical (unpaired) electrons. The number of hydrogen-bond donors (Lipinski definition) is 2. The van der Waals surface area contributed by atoms with Crippen molar-refractivity contribution in [1.29, 1.82) is 0 Å². The highest BCUT2D eigenvalue weighted by Crippen LogP contribution is 2.36. The van der Waals surface area contributed by atoms with Crippen LogP contribution in [0.4, 0.5) is 0 Å². The lowest BCUT2D eigenvalue weighted by atomic mass is 9.87. The van der Waals surface area contributed by atoms with Crippen LogP contribution in [0.2, 0.25) is 5.02 Å². The monoisotopic (exact) mass is 471 g/mol. The van der Waals surface area contributed by atoms with Crippen LogP contribution in [0.15, 0.2) is 71.6 Å². The summed E-state index contributed by atoms with van der Waals surface area (Å²) in [6, 6.07) is 19.0. The van der Waals surface area contributed by atoms with Gasteiger partial charge in [-0.2, -0.15) is 0 Å². The van der Waals surface area contributed by atoms with Gasteiger partial charge in [-0.3, -0.25) is 0 Å². The molecule has 0 aliphatic heterocycles. The van der Waals surface area contributed by atoms with Gasteiger partial charge in [0.05, 0.1) is 4.90 Å². The summed E-state index contributed by atoms with van der Waals surface area (Å²) < 4.78 is 34.3. The van der Waals surface area contributed by atoms with Crippen LogP contribution in [0, 0.1) is 0 Å². The van der Waals surface area contributed by atoms with Crippen LogP contribution in [-0.4, -0.2) is 26.1 Å². The predicted octanol–water partition coefficient (Wildman–Crippen LogP) is 4.83. The van der Waals surface area contributed by atoms with Crippen molar-refractivity contribution in [2.45, 2.75) is 30.2 Å². The topological polar surface area (TPSA) is 92.7 Å². The normalized spacial score (nSPS) is 15.7. The molecule has 0 aromatic heterocycles.